The summed E-state index contributed by atoms with van der Waals surface area (Å²) in [7, 11) is 0. The van der Waals surface area contributed by atoms with Crippen LogP contribution in [0.15, 0.2) is 0 Å². The van der Waals surface area contributed by atoms with Crippen molar-refractivity contribution in [3.05, 3.63) is 0 Å². The van der Waals surface area contributed by atoms with Crippen molar-refractivity contribution < 1.29 is 32.6 Å². The molecule has 78 valence electrons. The molecule has 0 saturated heterocycles. The Morgan fingerprint density at radius 1 is 0.857 bits per heavy atom. The number of carboxylic acids is 3. The van der Waals surface area contributed by atoms with Crippen LogP contribution in [0.25, 0.3) is 0 Å². The zero-order valence-electron chi connectivity index (χ0n) is 9.34. The molecule has 0 aliphatic rings. The molecule has 0 spiro atoms. The van der Waals surface area contributed by atoms with Crippen molar-refractivity contribution in [3.63, 3.8) is 0 Å². The molecule has 0 rings (SSSR count). The first-order valence-corrected chi connectivity index (χ1v) is 3.29. The Morgan fingerprint density at radius 3 is 1.21 bits per heavy atom. The number of carboxylic acid groups (broad SMARTS) is 3. The van der Waals surface area contributed by atoms with Crippen molar-refractivity contribution in [1.82, 2.24) is 4.90 Å². The SMILES string of the molecule is O=C(O)CN(CC(=O)O)CC(=O)O.[H-].[H-].[Mg+2]. The Labute approximate surface area is 98.4 Å². The summed E-state index contributed by atoms with van der Waals surface area (Å²) in [5.41, 5.74) is 0. The van der Waals surface area contributed by atoms with Crippen molar-refractivity contribution in [3.8, 4) is 0 Å². The van der Waals surface area contributed by atoms with Gasteiger partial charge in [-0.15, -0.1) is 0 Å². The predicted octanol–water partition coefficient (Wildman–Crippen LogP) is -1.61. The van der Waals surface area contributed by atoms with Crippen molar-refractivity contribution in [2.24, 2.45) is 0 Å². The van der Waals surface area contributed by atoms with Gasteiger partial charge >= 0.3 is 41.0 Å². The van der Waals surface area contributed by atoms with Crippen LogP contribution in [0.1, 0.15) is 2.85 Å². The van der Waals surface area contributed by atoms with Gasteiger partial charge in [0.25, 0.3) is 0 Å². The number of rotatable bonds is 6. The van der Waals surface area contributed by atoms with Crippen LogP contribution in [-0.2, 0) is 14.4 Å². The molecule has 0 atom stereocenters. The van der Waals surface area contributed by atoms with Gasteiger partial charge in [-0.05, 0) is 0 Å². The van der Waals surface area contributed by atoms with E-state index in [2.05, 4.69) is 0 Å². The smallest absolute Gasteiger partial charge is 1.00 e. The zero-order chi connectivity index (χ0) is 10.4. The maximum atomic E-state index is 10.1. The van der Waals surface area contributed by atoms with Crippen LogP contribution in [0, 0.1) is 0 Å². The summed E-state index contributed by atoms with van der Waals surface area (Å²) in [5, 5.41) is 24.8. The topological polar surface area (TPSA) is 115 Å². The minimum Gasteiger partial charge on any atom is -1.00 e. The molecule has 0 aliphatic carbocycles. The molecule has 0 heterocycles. The molecule has 0 bridgehead atoms. The minimum absolute atomic E-state index is 0. The standard InChI is InChI=1S/C6H9NO6.Mg.2H/c8-4(9)1-7(2-5(10)11)3-6(12)13;;;/h1-3H2,(H,8,9)(H,10,11)(H,12,13);;;/q;+2;2*-1. The van der Waals surface area contributed by atoms with E-state index in [1.165, 1.54) is 0 Å². The fourth-order valence-corrected chi connectivity index (χ4v) is 0.742. The van der Waals surface area contributed by atoms with E-state index in [1.807, 2.05) is 0 Å². The van der Waals surface area contributed by atoms with E-state index >= 15 is 0 Å². The van der Waals surface area contributed by atoms with Gasteiger partial charge in [0.2, 0.25) is 0 Å². The molecule has 0 aliphatic heterocycles. The Balaban J connectivity index is -0.000000240. The zero-order valence-corrected chi connectivity index (χ0v) is 8.76. The third kappa shape index (κ3) is 9.23. The molecule has 0 fully saturated rings. The number of hydrogen-bond donors (Lipinski definition) is 3. The molecule has 0 aromatic carbocycles. The second kappa shape index (κ2) is 7.53. The van der Waals surface area contributed by atoms with E-state index in [0.29, 0.717) is 0 Å². The van der Waals surface area contributed by atoms with Crippen LogP contribution in [0.5, 0.6) is 0 Å². The van der Waals surface area contributed by atoms with Crippen LogP contribution in [0.4, 0.5) is 0 Å². The van der Waals surface area contributed by atoms with Gasteiger partial charge in [-0.3, -0.25) is 19.3 Å². The van der Waals surface area contributed by atoms with E-state index in [9.17, 15) is 14.4 Å². The average molecular weight is 217 g/mol. The maximum absolute atomic E-state index is 10.1. The van der Waals surface area contributed by atoms with Crippen molar-refractivity contribution in [2.45, 2.75) is 0 Å². The molecule has 3 N–H and O–H groups in total. The van der Waals surface area contributed by atoms with Crippen molar-refractivity contribution >= 4 is 41.0 Å². The van der Waals surface area contributed by atoms with E-state index in [0.717, 1.165) is 4.90 Å². The summed E-state index contributed by atoms with van der Waals surface area (Å²) in [6.07, 6.45) is 0. The Morgan fingerprint density at radius 2 is 1.07 bits per heavy atom. The van der Waals surface area contributed by atoms with Gasteiger partial charge in [-0.25, -0.2) is 0 Å². The van der Waals surface area contributed by atoms with E-state index < -0.39 is 37.5 Å². The predicted molar refractivity (Wildman–Crippen MR) is 47.3 cm³/mol. The van der Waals surface area contributed by atoms with Crippen LogP contribution < -0.4 is 0 Å². The summed E-state index contributed by atoms with van der Waals surface area (Å²) in [4.78, 5) is 31.2. The largest absolute Gasteiger partial charge is 2.00 e. The molecule has 14 heavy (non-hydrogen) atoms. The van der Waals surface area contributed by atoms with Crippen LogP contribution in [-0.4, -0.2) is 80.8 Å². The monoisotopic (exact) mass is 217 g/mol. The molecule has 7 nitrogen and oxygen atoms in total. The summed E-state index contributed by atoms with van der Waals surface area (Å²) in [6, 6.07) is 0. The normalized spacial score (nSPS) is 9.21. The van der Waals surface area contributed by atoms with E-state index in [4.69, 9.17) is 15.3 Å². The first-order valence-electron chi connectivity index (χ1n) is 3.29. The first kappa shape index (κ1) is 15.6. The molecule has 0 radical (unpaired) electrons. The Kier molecular flexibility index (Phi) is 8.39. The number of hydrogen-bond acceptors (Lipinski definition) is 4. The van der Waals surface area contributed by atoms with E-state index in [1.54, 1.807) is 0 Å². The number of aliphatic carboxylic acids is 3. The van der Waals surface area contributed by atoms with Crippen LogP contribution in [0.2, 0.25) is 0 Å². The van der Waals surface area contributed by atoms with Gasteiger partial charge in [0.05, 0.1) is 19.6 Å². The van der Waals surface area contributed by atoms with Gasteiger partial charge in [0.1, 0.15) is 0 Å². The number of nitrogens with zero attached hydrogens (tertiary/aromatic N) is 1. The summed E-state index contributed by atoms with van der Waals surface area (Å²) >= 11 is 0. The second-order valence-electron chi connectivity index (χ2n) is 2.33. The number of carbonyl (C=O) groups is 3. The summed E-state index contributed by atoms with van der Waals surface area (Å²) in [5.74, 6) is -3.78. The summed E-state index contributed by atoms with van der Waals surface area (Å²) < 4.78 is 0. The van der Waals surface area contributed by atoms with Gasteiger partial charge in [-0.1, -0.05) is 0 Å². The first-order chi connectivity index (χ1) is 5.91. The molecule has 8 heteroatoms. The second-order valence-corrected chi connectivity index (χ2v) is 2.33. The fourth-order valence-electron chi connectivity index (χ4n) is 0.742. The van der Waals surface area contributed by atoms with Crippen LogP contribution >= 0.6 is 0 Å². The quantitative estimate of drug-likeness (QED) is 0.458. The molecule has 0 saturated carbocycles. The van der Waals surface area contributed by atoms with E-state index in [-0.39, 0.29) is 25.9 Å². The molecular formula is C6H11MgNO6. The molecular weight excluding hydrogens is 206 g/mol. The van der Waals surface area contributed by atoms with Gasteiger partial charge in [0, 0.05) is 0 Å². The van der Waals surface area contributed by atoms with Gasteiger partial charge < -0.3 is 18.2 Å². The van der Waals surface area contributed by atoms with Gasteiger partial charge in [-0.2, -0.15) is 0 Å². The molecule has 0 aromatic heterocycles. The molecule has 0 unspecified atom stereocenters. The van der Waals surface area contributed by atoms with Crippen molar-refractivity contribution in [1.29, 1.82) is 0 Å². The maximum Gasteiger partial charge on any atom is 2.00 e. The van der Waals surface area contributed by atoms with Gasteiger partial charge in [0.15, 0.2) is 0 Å². The fraction of sp³-hybridized carbons (Fsp3) is 0.500. The molecule has 0 amide bonds. The molecule has 0 aromatic rings. The Bertz CT molecular complexity index is 201. The minimum atomic E-state index is -1.26. The van der Waals surface area contributed by atoms with Crippen LogP contribution in [0.3, 0.4) is 0 Å². The van der Waals surface area contributed by atoms with Crippen molar-refractivity contribution in [2.75, 3.05) is 19.6 Å². The summed E-state index contributed by atoms with van der Waals surface area (Å²) in [6.45, 7) is -1.80. The third-order valence-electron chi connectivity index (χ3n) is 1.08. The third-order valence-corrected chi connectivity index (χ3v) is 1.08. The average Bonchev–Trinajstić information content (AvgIpc) is 1.80. The Hall–Kier alpha value is -0.864.